The molecule has 2 aliphatic rings. The fourth-order valence-electron chi connectivity index (χ4n) is 7.23. The summed E-state index contributed by atoms with van der Waals surface area (Å²) in [6, 6.07) is 13.2. The van der Waals surface area contributed by atoms with Gasteiger partial charge >= 0.3 is 5.97 Å². The highest BCUT2D eigenvalue weighted by atomic mass is 19.1. The van der Waals surface area contributed by atoms with Crippen molar-refractivity contribution in [2.75, 3.05) is 0 Å². The van der Waals surface area contributed by atoms with Crippen LogP contribution in [0.5, 0.6) is 0 Å². The third kappa shape index (κ3) is 7.20. The molecule has 0 radical (unpaired) electrons. The van der Waals surface area contributed by atoms with E-state index in [4.69, 9.17) is 4.74 Å². The Morgan fingerprint density at radius 1 is 0.784 bits per heavy atom. The Labute approximate surface area is 222 Å². The maximum atomic E-state index is 15.1. The summed E-state index contributed by atoms with van der Waals surface area (Å²) in [6.07, 6.45) is 4.47. The summed E-state index contributed by atoms with van der Waals surface area (Å²) in [5.41, 5.74) is 2.95. The number of nitrogens with one attached hydrogen (secondary N) is 2. The fourth-order valence-corrected chi connectivity index (χ4v) is 7.23. The zero-order valence-electron chi connectivity index (χ0n) is 23.9. The molecule has 0 aliphatic carbocycles. The molecule has 202 valence electrons. The standard InChI is InChI=1S/C32H45FN2O2/c1-29(2)17-22(18-30(3,4)34-29)15-21-9-11-23(12-10-21)24-13-14-26(27(33)16-24)28(36)37-25-19-31(5,6)35-32(7,8)20-25/h9-14,16,22,25,34-35H,15,17-20H2,1-8H3. The molecule has 2 N–H and O–H groups in total. The van der Waals surface area contributed by atoms with E-state index in [-0.39, 0.29) is 33.8 Å². The molecule has 0 atom stereocenters. The van der Waals surface area contributed by atoms with E-state index < -0.39 is 11.8 Å². The Balaban J connectivity index is 1.42. The molecule has 0 unspecified atom stereocenters. The maximum absolute atomic E-state index is 15.1. The molecule has 37 heavy (non-hydrogen) atoms. The summed E-state index contributed by atoms with van der Waals surface area (Å²) in [5.74, 6) is -0.514. The number of hydrogen-bond acceptors (Lipinski definition) is 4. The van der Waals surface area contributed by atoms with E-state index in [0.29, 0.717) is 18.8 Å². The van der Waals surface area contributed by atoms with Crippen LogP contribution in [0.3, 0.4) is 0 Å². The molecule has 0 spiro atoms. The first kappa shape index (κ1) is 27.8. The Morgan fingerprint density at radius 2 is 1.27 bits per heavy atom. The first-order chi connectivity index (χ1) is 17.0. The summed E-state index contributed by atoms with van der Waals surface area (Å²) in [5, 5.41) is 7.33. The van der Waals surface area contributed by atoms with Crippen molar-refractivity contribution in [2.45, 2.75) is 116 Å². The molecule has 0 amide bonds. The van der Waals surface area contributed by atoms with E-state index in [1.165, 1.54) is 11.6 Å². The van der Waals surface area contributed by atoms with Crippen molar-refractivity contribution in [2.24, 2.45) is 5.92 Å². The second-order valence-corrected chi connectivity index (χ2v) is 14.1. The first-order valence-electron chi connectivity index (χ1n) is 13.7. The van der Waals surface area contributed by atoms with E-state index in [2.05, 4.69) is 90.3 Å². The van der Waals surface area contributed by atoms with Gasteiger partial charge in [-0.05, 0) is 109 Å². The minimum absolute atomic E-state index is 0.00866. The van der Waals surface area contributed by atoms with E-state index in [9.17, 15) is 4.79 Å². The van der Waals surface area contributed by atoms with Crippen LogP contribution in [0, 0.1) is 11.7 Å². The van der Waals surface area contributed by atoms with Crippen molar-refractivity contribution in [1.82, 2.24) is 10.6 Å². The Kier molecular flexibility index (Phi) is 7.37. The zero-order valence-corrected chi connectivity index (χ0v) is 23.9. The predicted octanol–water partition coefficient (Wildman–Crippen LogP) is 7.06. The lowest BCUT2D eigenvalue weighted by Gasteiger charge is -2.46. The highest BCUT2D eigenvalue weighted by Gasteiger charge is 2.40. The summed E-state index contributed by atoms with van der Waals surface area (Å²) < 4.78 is 20.8. The van der Waals surface area contributed by atoms with Crippen LogP contribution in [0.4, 0.5) is 4.39 Å². The smallest absolute Gasteiger partial charge is 0.341 e. The van der Waals surface area contributed by atoms with Crippen LogP contribution in [0.1, 0.15) is 97.0 Å². The summed E-state index contributed by atoms with van der Waals surface area (Å²) in [6.45, 7) is 17.5. The molecular weight excluding hydrogens is 463 g/mol. The van der Waals surface area contributed by atoms with Crippen molar-refractivity contribution >= 4 is 5.97 Å². The third-order valence-electron chi connectivity index (χ3n) is 7.70. The van der Waals surface area contributed by atoms with E-state index in [0.717, 1.165) is 30.4 Å². The molecule has 4 nitrogen and oxygen atoms in total. The van der Waals surface area contributed by atoms with Crippen LogP contribution < -0.4 is 10.6 Å². The zero-order chi connectivity index (χ0) is 27.2. The largest absolute Gasteiger partial charge is 0.459 e. The summed E-state index contributed by atoms with van der Waals surface area (Å²) in [7, 11) is 0. The van der Waals surface area contributed by atoms with Crippen LogP contribution in [0.15, 0.2) is 42.5 Å². The Hall–Kier alpha value is -2.24. The van der Waals surface area contributed by atoms with Gasteiger partial charge in [0.2, 0.25) is 0 Å². The number of ether oxygens (including phenoxy) is 1. The van der Waals surface area contributed by atoms with Crippen molar-refractivity contribution in [3.8, 4) is 11.1 Å². The Morgan fingerprint density at radius 3 is 1.78 bits per heavy atom. The maximum Gasteiger partial charge on any atom is 0.341 e. The van der Waals surface area contributed by atoms with Crippen molar-refractivity contribution < 1.29 is 13.9 Å². The lowest BCUT2D eigenvalue weighted by Crippen LogP contribution is -2.59. The van der Waals surface area contributed by atoms with Crippen LogP contribution in [-0.4, -0.2) is 34.2 Å². The number of rotatable bonds is 5. The number of halogens is 1. The number of piperidine rings is 2. The molecule has 2 fully saturated rings. The van der Waals surface area contributed by atoms with Crippen LogP contribution in [-0.2, 0) is 11.2 Å². The van der Waals surface area contributed by atoms with Crippen LogP contribution >= 0.6 is 0 Å². The van der Waals surface area contributed by atoms with Crippen LogP contribution in [0.2, 0.25) is 0 Å². The van der Waals surface area contributed by atoms with Gasteiger partial charge in [0.05, 0.1) is 5.56 Å². The van der Waals surface area contributed by atoms with Crippen LogP contribution in [0.25, 0.3) is 11.1 Å². The average Bonchev–Trinajstić information content (AvgIpc) is 2.69. The topological polar surface area (TPSA) is 50.4 Å². The first-order valence-corrected chi connectivity index (χ1v) is 13.7. The predicted molar refractivity (Wildman–Crippen MR) is 149 cm³/mol. The molecule has 0 aromatic heterocycles. The van der Waals surface area contributed by atoms with Gasteiger partial charge in [-0.15, -0.1) is 0 Å². The molecule has 2 heterocycles. The highest BCUT2D eigenvalue weighted by Crippen LogP contribution is 2.35. The van der Waals surface area contributed by atoms with Gasteiger partial charge in [0.25, 0.3) is 0 Å². The molecule has 2 aromatic rings. The molecule has 2 aromatic carbocycles. The highest BCUT2D eigenvalue weighted by molar-refractivity contribution is 5.90. The molecule has 0 bridgehead atoms. The molecule has 0 saturated carbocycles. The lowest BCUT2D eigenvalue weighted by atomic mass is 9.74. The second-order valence-electron chi connectivity index (χ2n) is 14.1. The van der Waals surface area contributed by atoms with Gasteiger partial charge in [0.15, 0.2) is 0 Å². The van der Waals surface area contributed by atoms with Crippen molar-refractivity contribution in [3.63, 3.8) is 0 Å². The van der Waals surface area contributed by atoms with Gasteiger partial charge in [-0.25, -0.2) is 9.18 Å². The quantitative estimate of drug-likeness (QED) is 0.425. The van der Waals surface area contributed by atoms with E-state index in [1.54, 1.807) is 6.07 Å². The van der Waals surface area contributed by atoms with Gasteiger partial charge in [-0.1, -0.05) is 30.3 Å². The molecule has 4 rings (SSSR count). The second kappa shape index (κ2) is 9.81. The number of hydrogen-bond donors (Lipinski definition) is 2. The van der Waals surface area contributed by atoms with Gasteiger partial charge in [-0.2, -0.15) is 0 Å². The van der Waals surface area contributed by atoms with Crippen molar-refractivity contribution in [3.05, 3.63) is 59.4 Å². The lowest BCUT2D eigenvalue weighted by molar-refractivity contribution is -0.00674. The minimum atomic E-state index is -0.592. The summed E-state index contributed by atoms with van der Waals surface area (Å²) in [4.78, 5) is 12.8. The van der Waals surface area contributed by atoms with Gasteiger partial charge in [0.1, 0.15) is 11.9 Å². The third-order valence-corrected chi connectivity index (χ3v) is 7.70. The van der Waals surface area contributed by atoms with Gasteiger partial charge in [0, 0.05) is 35.0 Å². The Bertz CT molecular complexity index is 1100. The number of esters is 1. The molecular formula is C32H45FN2O2. The number of carbonyl (C=O) groups excluding carboxylic acids is 1. The SMILES string of the molecule is CC1(C)CC(Cc2ccc(-c3ccc(C(=O)OC4CC(C)(C)NC(C)(C)C4)c(F)c3)cc2)CC(C)(C)N1. The van der Waals surface area contributed by atoms with E-state index in [1.807, 2.05) is 6.07 Å². The minimum Gasteiger partial charge on any atom is -0.459 e. The average molecular weight is 509 g/mol. The summed E-state index contributed by atoms with van der Waals surface area (Å²) >= 11 is 0. The monoisotopic (exact) mass is 508 g/mol. The fraction of sp³-hybridized carbons (Fsp3) is 0.594. The normalized spacial score (nSPS) is 22.9. The number of benzene rings is 2. The molecule has 2 saturated heterocycles. The molecule has 5 heteroatoms. The van der Waals surface area contributed by atoms with E-state index >= 15 is 4.39 Å². The molecule has 2 aliphatic heterocycles. The van der Waals surface area contributed by atoms with Gasteiger partial charge < -0.3 is 15.4 Å². The van der Waals surface area contributed by atoms with Crippen molar-refractivity contribution in [1.29, 1.82) is 0 Å². The number of carbonyl (C=O) groups is 1. The van der Waals surface area contributed by atoms with Gasteiger partial charge in [-0.3, -0.25) is 0 Å².